The first-order chi connectivity index (χ1) is 47.7. The molecule has 8 N–H and O–H groups in total. The lowest BCUT2D eigenvalue weighted by Crippen LogP contribution is -2.31. The number of aromatic amines is 4. The van der Waals surface area contributed by atoms with Crippen LogP contribution in [0.5, 0.6) is 0 Å². The highest BCUT2D eigenvalue weighted by Gasteiger charge is 2.25. The lowest BCUT2D eigenvalue weighted by molar-refractivity contribution is 0.248. The van der Waals surface area contributed by atoms with Crippen LogP contribution >= 0.6 is 0 Å². The van der Waals surface area contributed by atoms with E-state index in [4.69, 9.17) is 0 Å². The fourth-order valence-electron chi connectivity index (χ4n) is 13.4. The van der Waals surface area contributed by atoms with Crippen LogP contribution in [0.2, 0.25) is 0 Å². The third kappa shape index (κ3) is 13.0. The lowest BCUT2D eigenvalue weighted by atomic mass is 9.85. The summed E-state index contributed by atoms with van der Waals surface area (Å²) in [4.78, 5) is 41.9. The Labute approximate surface area is 584 Å². The third-order valence-corrected chi connectivity index (χ3v) is 19.3. The summed E-state index contributed by atoms with van der Waals surface area (Å²) in [5.74, 6) is 27.8. The Balaban J connectivity index is 0.818. The summed E-state index contributed by atoms with van der Waals surface area (Å²) in [6.07, 6.45) is 0. The van der Waals surface area contributed by atoms with Gasteiger partial charge in [0.05, 0.1) is 56.2 Å². The molecule has 14 aromatic rings. The van der Waals surface area contributed by atoms with E-state index in [0.717, 1.165) is 132 Å². The molecule has 14 rings (SSSR count). The maximum atomic E-state index is 13.2. The fraction of sp³-hybridized carbons (Fsp3) is 0.222. The molecule has 10 aromatic carbocycles. The van der Waals surface area contributed by atoms with Crippen LogP contribution in [0.1, 0.15) is 176 Å². The fourth-order valence-corrected chi connectivity index (χ4v) is 13.4. The topological polar surface area (TPSA) is 145 Å². The number of nitrogens with one attached hydrogen (secondary N) is 8. The van der Waals surface area contributed by atoms with Gasteiger partial charge in [-0.25, -0.2) is 9.59 Å². The van der Waals surface area contributed by atoms with Crippen LogP contribution in [0.15, 0.2) is 182 Å². The van der Waals surface area contributed by atoms with Crippen molar-refractivity contribution < 1.29 is 9.59 Å². The Morgan fingerprint density at radius 1 is 0.310 bits per heavy atom. The molecular weight excluding hydrogens is 1230 g/mol. The summed E-state index contributed by atoms with van der Waals surface area (Å²) >= 11 is 0. The van der Waals surface area contributed by atoms with Gasteiger partial charge in [-0.1, -0.05) is 216 Å². The maximum Gasteiger partial charge on any atom is 0.319 e. The summed E-state index contributed by atoms with van der Waals surface area (Å²) in [6, 6.07) is 61.3. The highest BCUT2D eigenvalue weighted by atomic mass is 16.2. The van der Waals surface area contributed by atoms with Crippen molar-refractivity contribution in [2.45, 2.75) is 131 Å². The average molecular weight is 1310 g/mol. The van der Waals surface area contributed by atoms with Gasteiger partial charge in [0.2, 0.25) is 0 Å². The molecule has 0 aliphatic carbocycles. The molecule has 0 saturated carbocycles. The Kier molecular flexibility index (Phi) is 16.5. The van der Waals surface area contributed by atoms with Gasteiger partial charge in [0.1, 0.15) is 0 Å². The Morgan fingerprint density at radius 2 is 0.600 bits per heavy atom. The van der Waals surface area contributed by atoms with Gasteiger partial charge in [0.25, 0.3) is 0 Å². The zero-order chi connectivity index (χ0) is 70.2. The van der Waals surface area contributed by atoms with E-state index in [1.165, 1.54) is 22.3 Å². The molecule has 0 saturated heterocycles. The monoisotopic (exact) mass is 1310 g/mol. The van der Waals surface area contributed by atoms with Gasteiger partial charge in [-0.2, -0.15) is 0 Å². The molecular formula is C90H82N8O2. The van der Waals surface area contributed by atoms with Crippen molar-refractivity contribution in [3.05, 3.63) is 249 Å². The minimum absolute atomic E-state index is 0.157. The third-order valence-electron chi connectivity index (χ3n) is 19.3. The number of H-pyrrole nitrogens is 4. The molecule has 0 bridgehead atoms. The largest absolute Gasteiger partial charge is 0.352 e. The Morgan fingerprint density at radius 3 is 0.890 bits per heavy atom. The molecule has 4 amide bonds. The molecule has 10 heteroatoms. The van der Waals surface area contributed by atoms with E-state index < -0.39 is 0 Å². The number of fused-ring (bicyclic) bond motifs is 14. The lowest BCUT2D eigenvalue weighted by Gasteiger charge is -2.20. The van der Waals surface area contributed by atoms with Crippen LogP contribution in [-0.4, -0.2) is 32.0 Å². The predicted molar refractivity (Wildman–Crippen MR) is 418 cm³/mol. The minimum atomic E-state index is -0.285. The van der Waals surface area contributed by atoms with Crippen molar-refractivity contribution in [2.75, 3.05) is 10.6 Å². The molecule has 0 spiro atoms. The number of rotatable bonds is 6. The van der Waals surface area contributed by atoms with Crippen LogP contribution in [0.25, 0.3) is 87.2 Å². The van der Waals surface area contributed by atoms with E-state index in [2.05, 4.69) is 244 Å². The smallest absolute Gasteiger partial charge is 0.319 e. The number of carbonyl (C=O) groups excluding carboxylic acids is 2. The summed E-state index contributed by atoms with van der Waals surface area (Å²) in [5.41, 5.74) is 20.3. The van der Waals surface area contributed by atoms with Crippen molar-refractivity contribution in [1.29, 1.82) is 0 Å². The zero-order valence-electron chi connectivity index (χ0n) is 59.3. The van der Waals surface area contributed by atoms with Gasteiger partial charge in [-0.15, -0.1) is 0 Å². The Hall–Kier alpha value is -11.8. The summed E-state index contributed by atoms with van der Waals surface area (Å²) in [7, 11) is 0. The zero-order valence-corrected chi connectivity index (χ0v) is 59.3. The number of amides is 4. The number of hydrogen-bond acceptors (Lipinski definition) is 2. The average Bonchev–Trinajstić information content (AvgIpc) is 1.58. The molecule has 0 unspecified atom stereocenters. The van der Waals surface area contributed by atoms with E-state index in [9.17, 15) is 9.59 Å². The van der Waals surface area contributed by atoms with Gasteiger partial charge >= 0.3 is 12.1 Å². The second-order valence-corrected chi connectivity index (χ2v) is 30.7. The standard InChI is InChI=1S/C90H82N8O2/c1-53(57-27-17-15-18-28-57)91-85(99)93-67-33-23-25-55(43-67)35-37-61-47-65(89(9,10)11)51-75-71-41-39-69-73-49-63(87(3,4)5)45-59(77(73)95-81(69)83(71)97-79(61)75)31-21-22-32-60-46-64(88(6,7)8)50-74-70-40-42-72-76-52-66(90(12,13)14)48-62(80(76)98-84(72)82(70)96-78(60)74)38-36-56-26-24-34-68(44-56)94-86(100)92-54(2)58-29-19-16-20-30-58/h15-20,23-30,33-34,39-54,95-98H,1-14H3,(H2,91,93,99)(H2,92,94,100)/t53-,54-/m0/s1. The number of carbonyl (C=O) groups is 2. The van der Waals surface area contributed by atoms with Gasteiger partial charge in [-0.3, -0.25) is 0 Å². The van der Waals surface area contributed by atoms with E-state index in [1.54, 1.807) is 0 Å². The van der Waals surface area contributed by atoms with Gasteiger partial charge in [0, 0.05) is 87.8 Å². The predicted octanol–water partition coefficient (Wildman–Crippen LogP) is 21.4. The second kappa shape index (κ2) is 25.2. The molecule has 0 fully saturated rings. The number of urea groups is 2. The van der Waals surface area contributed by atoms with Crippen LogP contribution in [0, 0.1) is 47.4 Å². The van der Waals surface area contributed by atoms with Crippen LogP contribution in [0.3, 0.4) is 0 Å². The summed E-state index contributed by atoms with van der Waals surface area (Å²) in [6.45, 7) is 30.8. The van der Waals surface area contributed by atoms with E-state index >= 15 is 0 Å². The highest BCUT2D eigenvalue weighted by Crippen LogP contribution is 2.43. The van der Waals surface area contributed by atoms with Crippen molar-refractivity contribution in [3.8, 4) is 47.4 Å². The molecule has 4 heterocycles. The minimum Gasteiger partial charge on any atom is -0.352 e. The van der Waals surface area contributed by atoms with Crippen molar-refractivity contribution in [2.24, 2.45) is 0 Å². The van der Waals surface area contributed by atoms with E-state index in [1.807, 2.05) is 123 Å². The highest BCUT2D eigenvalue weighted by molar-refractivity contribution is 6.24. The van der Waals surface area contributed by atoms with Gasteiger partial charge < -0.3 is 41.2 Å². The molecule has 494 valence electrons. The molecule has 0 aliphatic rings. The SMILES string of the molecule is C[C@H](NC(=O)Nc1cccc(C#Cc2cc(C(C)(C)C)cc3c2[nH]c2c3ccc3c4cc(C(C)(C)C)cc(C#CC#Cc5cc(C(C)(C)C)cc6c5[nH]c5c6ccc6c7cc(C(C)(C)C)cc(C#Cc8cccc(NC(=O)N[C@@H](C)c9ccccc9)c8)c7[nH]c65)c4[nH]c32)c1)c1ccccc1. The molecule has 0 radical (unpaired) electrons. The van der Waals surface area contributed by atoms with Gasteiger partial charge in [0.15, 0.2) is 0 Å². The number of aromatic nitrogens is 4. The van der Waals surface area contributed by atoms with E-state index in [0.29, 0.717) is 11.4 Å². The molecule has 10 nitrogen and oxygen atoms in total. The van der Waals surface area contributed by atoms with Crippen molar-refractivity contribution in [3.63, 3.8) is 0 Å². The van der Waals surface area contributed by atoms with Crippen molar-refractivity contribution >= 4 is 111 Å². The number of benzene rings is 10. The molecule has 0 aliphatic heterocycles. The Bertz CT molecular complexity index is 5570. The molecule has 2 atom stereocenters. The normalized spacial score (nSPS) is 12.6. The summed E-state index contributed by atoms with van der Waals surface area (Å²) in [5, 5.41) is 20.9. The van der Waals surface area contributed by atoms with E-state index in [-0.39, 0.29) is 45.8 Å². The van der Waals surface area contributed by atoms with Crippen LogP contribution < -0.4 is 21.3 Å². The first-order valence-electron chi connectivity index (χ1n) is 34.4. The molecule has 4 aromatic heterocycles. The first kappa shape index (κ1) is 65.5. The van der Waals surface area contributed by atoms with Crippen molar-refractivity contribution in [1.82, 2.24) is 30.6 Å². The second-order valence-electron chi connectivity index (χ2n) is 30.7. The summed E-state index contributed by atoms with van der Waals surface area (Å²) < 4.78 is 0. The van der Waals surface area contributed by atoms with Gasteiger partial charge in [-0.05, 0) is 166 Å². The van der Waals surface area contributed by atoms with Crippen LogP contribution in [0.4, 0.5) is 21.0 Å². The number of anilines is 2. The first-order valence-corrected chi connectivity index (χ1v) is 34.4. The molecule has 100 heavy (non-hydrogen) atoms. The number of hydrogen-bond donors (Lipinski definition) is 8. The quantitative estimate of drug-likeness (QED) is 0.0784. The maximum absolute atomic E-state index is 13.2. The van der Waals surface area contributed by atoms with Crippen LogP contribution in [-0.2, 0) is 21.7 Å².